The molecule has 0 aliphatic heterocycles. The minimum atomic E-state index is -1.00. The Kier molecular flexibility index (Phi) is 8.89. The van der Waals surface area contributed by atoms with Crippen LogP contribution in [0.4, 0.5) is 0 Å². The highest BCUT2D eigenvalue weighted by Crippen LogP contribution is 1.88. The molecule has 21 heavy (non-hydrogen) atoms. The van der Waals surface area contributed by atoms with Gasteiger partial charge in [-0.05, 0) is 0 Å². The number of rotatable bonds is 8. The quantitative estimate of drug-likeness (QED) is 0.303. The maximum atomic E-state index is 11.1. The highest BCUT2D eigenvalue weighted by molar-refractivity contribution is 5.80. The maximum Gasteiger partial charge on any atom is 0.347 e. The number of carbonyl (C=O) groups is 5. The first-order chi connectivity index (χ1) is 9.81. The zero-order chi connectivity index (χ0) is 16.3. The Morgan fingerprint density at radius 3 is 1.38 bits per heavy atom. The topological polar surface area (TPSA) is 132 Å². The molecular formula is C11H14O10. The summed E-state index contributed by atoms with van der Waals surface area (Å²) < 4.78 is 21.8. The molecule has 0 aliphatic rings. The van der Waals surface area contributed by atoms with Gasteiger partial charge < -0.3 is 23.7 Å². The number of carbonyl (C=O) groups excluding carboxylic acids is 5. The molecule has 0 spiro atoms. The molecule has 0 aromatic carbocycles. The maximum absolute atomic E-state index is 11.1. The largest absolute Gasteiger partial charge is 0.454 e. The Hall–Kier alpha value is -2.65. The summed E-state index contributed by atoms with van der Waals surface area (Å²) in [5.41, 5.74) is 0. The molecule has 0 radical (unpaired) electrons. The second-order valence-corrected chi connectivity index (χ2v) is 3.37. The lowest BCUT2D eigenvalue weighted by Gasteiger charge is -2.06. The van der Waals surface area contributed by atoms with Gasteiger partial charge in [0.2, 0.25) is 6.79 Å². The van der Waals surface area contributed by atoms with E-state index in [1.54, 1.807) is 0 Å². The van der Waals surface area contributed by atoms with Gasteiger partial charge in [0.05, 0.1) is 0 Å². The first-order valence-corrected chi connectivity index (χ1v) is 5.55. The Balaban J connectivity index is 3.70. The summed E-state index contributed by atoms with van der Waals surface area (Å²) in [4.78, 5) is 53.8. The van der Waals surface area contributed by atoms with Gasteiger partial charge in [0.25, 0.3) is 0 Å². The van der Waals surface area contributed by atoms with Gasteiger partial charge in [-0.2, -0.15) is 0 Å². The zero-order valence-electron chi connectivity index (χ0n) is 11.4. The summed E-state index contributed by atoms with van der Waals surface area (Å²) in [7, 11) is 0. The molecular weight excluding hydrogens is 292 g/mol. The molecule has 118 valence electrons. The Bertz CT molecular complexity index is 413. The molecule has 0 amide bonds. The fourth-order valence-electron chi connectivity index (χ4n) is 0.743. The van der Waals surface area contributed by atoms with E-state index in [1.807, 2.05) is 0 Å². The molecule has 0 bridgehead atoms. The van der Waals surface area contributed by atoms with Crippen LogP contribution in [-0.2, 0) is 47.7 Å². The van der Waals surface area contributed by atoms with Crippen molar-refractivity contribution in [3.63, 3.8) is 0 Å². The number of esters is 5. The molecule has 10 nitrogen and oxygen atoms in total. The van der Waals surface area contributed by atoms with Crippen molar-refractivity contribution in [1.29, 1.82) is 0 Å². The Morgan fingerprint density at radius 1 is 0.571 bits per heavy atom. The van der Waals surface area contributed by atoms with Crippen LogP contribution in [0, 0.1) is 0 Å². The van der Waals surface area contributed by atoms with Crippen molar-refractivity contribution in [2.24, 2.45) is 0 Å². The number of ether oxygens (including phenoxy) is 5. The van der Waals surface area contributed by atoms with Gasteiger partial charge in [-0.3, -0.25) is 9.59 Å². The third kappa shape index (κ3) is 12.1. The molecule has 0 heterocycles. The summed E-state index contributed by atoms with van der Waals surface area (Å²) in [6, 6.07) is 0. The van der Waals surface area contributed by atoms with Gasteiger partial charge in [-0.25, -0.2) is 14.4 Å². The number of hydrogen-bond donors (Lipinski definition) is 0. The summed E-state index contributed by atoms with van der Waals surface area (Å²) >= 11 is 0. The third-order valence-electron chi connectivity index (χ3n) is 1.58. The van der Waals surface area contributed by atoms with Crippen LogP contribution in [0.25, 0.3) is 0 Å². The predicted octanol–water partition coefficient (Wildman–Crippen LogP) is -1.30. The van der Waals surface area contributed by atoms with Gasteiger partial charge >= 0.3 is 29.8 Å². The molecule has 10 heteroatoms. The summed E-state index contributed by atoms with van der Waals surface area (Å²) in [6.07, 6.45) is 0. The van der Waals surface area contributed by atoms with E-state index in [-0.39, 0.29) is 0 Å². The second-order valence-electron chi connectivity index (χ2n) is 3.37. The lowest BCUT2D eigenvalue weighted by molar-refractivity contribution is -0.174. The van der Waals surface area contributed by atoms with Gasteiger partial charge in [-0.1, -0.05) is 0 Å². The SMILES string of the molecule is CC(=O)OCOC(=O)COC(=O)COC(=O)COC(C)=O. The molecule has 0 N–H and O–H groups in total. The van der Waals surface area contributed by atoms with E-state index < -0.39 is 56.5 Å². The molecule has 0 atom stereocenters. The molecule has 0 unspecified atom stereocenters. The van der Waals surface area contributed by atoms with Crippen LogP contribution >= 0.6 is 0 Å². The first-order valence-electron chi connectivity index (χ1n) is 5.55. The zero-order valence-corrected chi connectivity index (χ0v) is 11.4. The molecule has 0 saturated heterocycles. The van der Waals surface area contributed by atoms with E-state index in [4.69, 9.17) is 0 Å². The monoisotopic (exact) mass is 306 g/mol. The lowest BCUT2D eigenvalue weighted by atomic mass is 10.6. The van der Waals surface area contributed by atoms with Crippen molar-refractivity contribution in [2.45, 2.75) is 13.8 Å². The molecule has 0 rings (SSSR count). The van der Waals surface area contributed by atoms with Crippen molar-refractivity contribution < 1.29 is 47.7 Å². The molecule has 0 fully saturated rings. The normalized spacial score (nSPS) is 9.24. The minimum Gasteiger partial charge on any atom is -0.454 e. The molecule has 0 aromatic heterocycles. The standard InChI is InChI=1S/C11H14O10/c1-7(12)17-3-9(14)18-4-10(15)19-5-11(16)21-6-20-8(2)13/h3-6H2,1-2H3. The summed E-state index contributed by atoms with van der Waals surface area (Å²) in [5, 5.41) is 0. The van der Waals surface area contributed by atoms with Crippen LogP contribution in [0.1, 0.15) is 13.8 Å². The molecule has 0 aromatic rings. The van der Waals surface area contributed by atoms with Crippen molar-refractivity contribution in [3.8, 4) is 0 Å². The van der Waals surface area contributed by atoms with Crippen LogP contribution in [-0.4, -0.2) is 56.5 Å². The van der Waals surface area contributed by atoms with Crippen LogP contribution < -0.4 is 0 Å². The van der Waals surface area contributed by atoms with Gasteiger partial charge in [-0.15, -0.1) is 0 Å². The van der Waals surface area contributed by atoms with Crippen LogP contribution in [0.3, 0.4) is 0 Å². The fourth-order valence-corrected chi connectivity index (χ4v) is 0.743. The average molecular weight is 306 g/mol. The van der Waals surface area contributed by atoms with Crippen LogP contribution in [0.2, 0.25) is 0 Å². The van der Waals surface area contributed by atoms with Crippen molar-refractivity contribution in [3.05, 3.63) is 0 Å². The van der Waals surface area contributed by atoms with E-state index in [0.717, 1.165) is 13.8 Å². The Morgan fingerprint density at radius 2 is 0.952 bits per heavy atom. The molecule has 0 saturated carbocycles. The van der Waals surface area contributed by atoms with E-state index >= 15 is 0 Å². The van der Waals surface area contributed by atoms with Crippen molar-refractivity contribution in [1.82, 2.24) is 0 Å². The highest BCUT2D eigenvalue weighted by atomic mass is 16.7. The fraction of sp³-hybridized carbons (Fsp3) is 0.545. The van der Waals surface area contributed by atoms with E-state index in [1.165, 1.54) is 0 Å². The summed E-state index contributed by atoms with van der Waals surface area (Å²) in [6.45, 7) is -0.490. The Labute approximate surface area is 119 Å². The van der Waals surface area contributed by atoms with E-state index in [0.29, 0.717) is 0 Å². The predicted molar refractivity (Wildman–Crippen MR) is 61.3 cm³/mol. The van der Waals surface area contributed by atoms with Gasteiger partial charge in [0.15, 0.2) is 19.8 Å². The van der Waals surface area contributed by atoms with E-state index in [9.17, 15) is 24.0 Å². The average Bonchev–Trinajstić information content (AvgIpc) is 2.40. The highest BCUT2D eigenvalue weighted by Gasteiger charge is 2.12. The lowest BCUT2D eigenvalue weighted by Crippen LogP contribution is -2.23. The number of hydrogen-bond acceptors (Lipinski definition) is 10. The summed E-state index contributed by atoms with van der Waals surface area (Å²) in [5.74, 6) is -4.21. The molecule has 0 aliphatic carbocycles. The smallest absolute Gasteiger partial charge is 0.347 e. The van der Waals surface area contributed by atoms with Crippen LogP contribution in [0.5, 0.6) is 0 Å². The van der Waals surface area contributed by atoms with E-state index in [2.05, 4.69) is 23.7 Å². The second kappa shape index (κ2) is 10.2. The van der Waals surface area contributed by atoms with Crippen molar-refractivity contribution in [2.75, 3.05) is 26.6 Å². The van der Waals surface area contributed by atoms with Gasteiger partial charge in [0.1, 0.15) is 0 Å². The van der Waals surface area contributed by atoms with Gasteiger partial charge in [0, 0.05) is 13.8 Å². The van der Waals surface area contributed by atoms with Crippen LogP contribution in [0.15, 0.2) is 0 Å². The van der Waals surface area contributed by atoms with Crippen molar-refractivity contribution >= 4 is 29.8 Å². The third-order valence-corrected chi connectivity index (χ3v) is 1.58. The first kappa shape index (κ1) is 18.4. The minimum absolute atomic E-state index is 0.594.